The van der Waals surface area contributed by atoms with Gasteiger partial charge < -0.3 is 41.3 Å². The first kappa shape index (κ1) is 37.3. The molecule has 2 aromatic rings. The summed E-state index contributed by atoms with van der Waals surface area (Å²) in [7, 11) is 0. The van der Waals surface area contributed by atoms with Crippen molar-refractivity contribution in [3.8, 4) is 22.6 Å². The van der Waals surface area contributed by atoms with Crippen LogP contribution in [0.5, 0.6) is 11.5 Å². The maximum Gasteiger partial charge on any atom is 0.245 e. The van der Waals surface area contributed by atoms with Crippen molar-refractivity contribution in [2.45, 2.75) is 101 Å². The number of hydrogen-bond donors (Lipinski definition) is 6. The fourth-order valence-corrected chi connectivity index (χ4v) is 10.5. The van der Waals surface area contributed by atoms with E-state index in [-0.39, 0.29) is 70.5 Å². The number of benzene rings is 2. The summed E-state index contributed by atoms with van der Waals surface area (Å²) in [6.45, 7) is 16.2. The lowest BCUT2D eigenvalue weighted by molar-refractivity contribution is -0.148. The first-order valence-corrected chi connectivity index (χ1v) is 19.3. The molecule has 4 fully saturated rings. The van der Waals surface area contributed by atoms with Crippen molar-refractivity contribution in [1.29, 1.82) is 0 Å². The molecule has 294 valence electrons. The van der Waals surface area contributed by atoms with Crippen LogP contribution in [0.3, 0.4) is 0 Å². The predicted octanol–water partition coefficient (Wildman–Crippen LogP) is 3.33. The van der Waals surface area contributed by atoms with Gasteiger partial charge >= 0.3 is 0 Å². The fourth-order valence-electron chi connectivity index (χ4n) is 10.5. The van der Waals surface area contributed by atoms with E-state index in [1.807, 2.05) is 27.7 Å². The number of amides is 6. The molecule has 6 atom stereocenters. The molecule has 0 bridgehead atoms. The minimum atomic E-state index is -1.49. The highest BCUT2D eigenvalue weighted by molar-refractivity contribution is 6.17. The molecule has 56 heavy (non-hydrogen) atoms. The first-order valence-electron chi connectivity index (χ1n) is 19.3. The Morgan fingerprint density at radius 1 is 0.679 bits per heavy atom. The zero-order valence-electron chi connectivity index (χ0n) is 32.1. The van der Waals surface area contributed by atoms with Gasteiger partial charge in [-0.1, -0.05) is 52.0 Å². The van der Waals surface area contributed by atoms with Gasteiger partial charge in [0.15, 0.2) is 0 Å². The Bertz CT molecular complexity index is 2030. The molecule has 6 aliphatic rings. The van der Waals surface area contributed by atoms with Crippen LogP contribution >= 0.6 is 0 Å². The van der Waals surface area contributed by atoms with Crippen molar-refractivity contribution in [3.63, 3.8) is 0 Å². The van der Waals surface area contributed by atoms with Crippen molar-refractivity contribution in [1.82, 2.24) is 20.4 Å². The summed E-state index contributed by atoms with van der Waals surface area (Å²) in [5, 5.41) is 35.1. The zero-order chi connectivity index (χ0) is 40.3. The lowest BCUT2D eigenvalue weighted by atomic mass is 9.58. The van der Waals surface area contributed by atoms with Crippen molar-refractivity contribution in [3.05, 3.63) is 60.7 Å². The SMILES string of the molecule is C=CC(C)(C)C1(C[C@@H]2NC(=O)[C@@H]3CCCN3C2=O)C(=O)Nc2c1ccc(O)c2-c1c(O)ccc2c1NC(=O)C2(C[C@@H]1NC(=O)[C@@H]2CCCN2C1=O)C(C)(C)C=C. The highest BCUT2D eigenvalue weighted by Gasteiger charge is 2.61. The van der Waals surface area contributed by atoms with E-state index in [1.54, 1.807) is 34.1 Å². The zero-order valence-corrected chi connectivity index (χ0v) is 32.1. The number of anilines is 2. The number of rotatable bonds is 9. The van der Waals surface area contributed by atoms with E-state index >= 15 is 0 Å². The summed E-state index contributed by atoms with van der Waals surface area (Å²) in [5.41, 5.74) is -3.85. The Kier molecular flexibility index (Phi) is 8.27. The highest BCUT2D eigenvalue weighted by Crippen LogP contribution is 2.61. The van der Waals surface area contributed by atoms with Gasteiger partial charge in [-0.15, -0.1) is 13.2 Å². The smallest absolute Gasteiger partial charge is 0.245 e. The second kappa shape index (κ2) is 12.4. The molecule has 0 aliphatic carbocycles. The molecule has 4 saturated heterocycles. The molecule has 14 nitrogen and oxygen atoms in total. The van der Waals surface area contributed by atoms with Crippen LogP contribution in [0.15, 0.2) is 49.6 Å². The molecule has 6 heterocycles. The lowest BCUT2D eigenvalue weighted by Gasteiger charge is -2.45. The lowest BCUT2D eigenvalue weighted by Crippen LogP contribution is -2.63. The minimum Gasteiger partial charge on any atom is -0.507 e. The summed E-state index contributed by atoms with van der Waals surface area (Å²) in [5.74, 6) is -2.73. The van der Waals surface area contributed by atoms with Gasteiger partial charge in [-0.3, -0.25) is 28.8 Å². The van der Waals surface area contributed by atoms with Crippen LogP contribution in [0.1, 0.15) is 77.3 Å². The van der Waals surface area contributed by atoms with E-state index in [1.165, 1.54) is 12.1 Å². The average molecular weight is 765 g/mol. The van der Waals surface area contributed by atoms with Crippen LogP contribution in [0.2, 0.25) is 0 Å². The van der Waals surface area contributed by atoms with Gasteiger partial charge in [0.25, 0.3) is 0 Å². The van der Waals surface area contributed by atoms with E-state index in [2.05, 4.69) is 34.4 Å². The van der Waals surface area contributed by atoms with Gasteiger partial charge in [0.2, 0.25) is 35.4 Å². The molecule has 14 heteroatoms. The normalized spacial score (nSPS) is 29.6. The third-order valence-electron chi connectivity index (χ3n) is 13.9. The Balaban J connectivity index is 1.28. The Labute approximate surface area is 324 Å². The Morgan fingerprint density at radius 3 is 1.41 bits per heavy atom. The molecule has 8 rings (SSSR count). The van der Waals surface area contributed by atoms with E-state index < -0.39 is 57.6 Å². The molecule has 0 aromatic heterocycles. The Hall–Kier alpha value is -5.66. The number of hydrogen-bond acceptors (Lipinski definition) is 8. The number of phenols is 2. The molecular weight excluding hydrogens is 716 g/mol. The summed E-state index contributed by atoms with van der Waals surface area (Å²) in [4.78, 5) is 86.6. The van der Waals surface area contributed by atoms with Crippen LogP contribution in [0, 0.1) is 10.8 Å². The number of fused-ring (bicyclic) bond motifs is 4. The number of piperazine rings is 2. The largest absolute Gasteiger partial charge is 0.507 e. The second-order valence-corrected chi connectivity index (χ2v) is 17.2. The number of phenolic OH excluding ortho intramolecular Hbond substituents is 2. The molecule has 6 N–H and O–H groups in total. The van der Waals surface area contributed by atoms with Crippen LogP contribution in [0.25, 0.3) is 11.1 Å². The number of carbonyl (C=O) groups is 6. The first-order chi connectivity index (χ1) is 26.5. The minimum absolute atomic E-state index is 0.0278. The molecule has 2 unspecified atom stereocenters. The molecular formula is C42H48N6O8. The van der Waals surface area contributed by atoms with Gasteiger partial charge in [-0.25, -0.2) is 0 Å². The Morgan fingerprint density at radius 2 is 1.05 bits per heavy atom. The van der Waals surface area contributed by atoms with E-state index in [0.29, 0.717) is 49.9 Å². The van der Waals surface area contributed by atoms with Crippen LogP contribution in [0.4, 0.5) is 11.4 Å². The van der Waals surface area contributed by atoms with Gasteiger partial charge in [-0.05, 0) is 61.8 Å². The molecule has 0 radical (unpaired) electrons. The number of carbonyl (C=O) groups excluding carboxylic acids is 6. The van der Waals surface area contributed by atoms with Gasteiger partial charge in [0, 0.05) is 23.9 Å². The summed E-state index contributed by atoms with van der Waals surface area (Å²) >= 11 is 0. The van der Waals surface area contributed by atoms with Gasteiger partial charge in [-0.2, -0.15) is 0 Å². The number of nitrogens with one attached hydrogen (secondary N) is 4. The second-order valence-electron chi connectivity index (χ2n) is 17.2. The third-order valence-corrected chi connectivity index (χ3v) is 13.9. The standard InChI is InChI=1S/C42H48N6O8/c1-7-39(3,4)41(19-23-35(53)47-17-9-11-25(47)33(51)43-23)21-13-15-27(49)29(31(21)45-37(41)55)30-28(50)16-14-22-32(30)46-38(56)42(22,40(5,6)8-2)20-24-36(54)48-18-10-12-26(48)34(52)44-24/h7-8,13-16,23-26,49-50H,1-2,9-12,17-20H2,3-6H3,(H,43,51)(H,44,52)(H,45,55)(H,46,56)/t23-,24-,25-,26-,41?,42?/m0/s1. The number of nitrogens with zero attached hydrogens (tertiary/aromatic N) is 2. The average Bonchev–Trinajstić information content (AvgIpc) is 3.96. The van der Waals surface area contributed by atoms with Crippen molar-refractivity contribution < 1.29 is 39.0 Å². The van der Waals surface area contributed by atoms with Gasteiger partial charge in [0.05, 0.1) is 33.3 Å². The van der Waals surface area contributed by atoms with Crippen molar-refractivity contribution in [2.75, 3.05) is 23.7 Å². The molecule has 0 saturated carbocycles. The summed E-state index contributed by atoms with van der Waals surface area (Å²) in [6.07, 6.45) is 5.55. The highest BCUT2D eigenvalue weighted by atomic mass is 16.3. The van der Waals surface area contributed by atoms with E-state index in [9.17, 15) is 39.0 Å². The third kappa shape index (κ3) is 4.79. The maximum absolute atomic E-state index is 14.7. The molecule has 2 aromatic carbocycles. The fraction of sp³-hybridized carbons (Fsp3) is 0.476. The molecule has 6 amide bonds. The van der Waals surface area contributed by atoms with E-state index in [0.717, 1.165) is 0 Å². The van der Waals surface area contributed by atoms with E-state index in [4.69, 9.17) is 0 Å². The topological polar surface area (TPSA) is 197 Å². The van der Waals surface area contributed by atoms with Crippen LogP contribution < -0.4 is 21.3 Å². The van der Waals surface area contributed by atoms with Crippen LogP contribution in [-0.4, -0.2) is 92.7 Å². The molecule has 0 spiro atoms. The summed E-state index contributed by atoms with van der Waals surface area (Å²) < 4.78 is 0. The monoisotopic (exact) mass is 764 g/mol. The maximum atomic E-state index is 14.7. The van der Waals surface area contributed by atoms with Crippen molar-refractivity contribution in [2.24, 2.45) is 10.8 Å². The summed E-state index contributed by atoms with van der Waals surface area (Å²) in [6, 6.07) is 2.85. The quantitative estimate of drug-likeness (QED) is 0.209. The number of aromatic hydroxyl groups is 2. The van der Waals surface area contributed by atoms with Crippen LogP contribution in [-0.2, 0) is 39.6 Å². The van der Waals surface area contributed by atoms with Crippen molar-refractivity contribution >= 4 is 46.8 Å². The van der Waals surface area contributed by atoms with Gasteiger partial charge in [0.1, 0.15) is 35.7 Å². The number of allylic oxidation sites excluding steroid dienone is 2. The predicted molar refractivity (Wildman–Crippen MR) is 206 cm³/mol. The molecule has 6 aliphatic heterocycles.